The van der Waals surface area contributed by atoms with Gasteiger partial charge in [-0.2, -0.15) is 0 Å². The largest absolute Gasteiger partial charge is 0.331 e. The van der Waals surface area contributed by atoms with E-state index in [0.717, 1.165) is 22.4 Å². The predicted molar refractivity (Wildman–Crippen MR) is 53.3 cm³/mol. The second kappa shape index (κ2) is 2.85. The van der Waals surface area contributed by atoms with Gasteiger partial charge in [-0.3, -0.25) is 0 Å². The Kier molecular flexibility index (Phi) is 1.81. The molecule has 0 aliphatic heterocycles. The third-order valence-electron chi connectivity index (χ3n) is 2.40. The van der Waals surface area contributed by atoms with Gasteiger partial charge in [-0.25, -0.2) is 4.98 Å². The molecule has 2 aromatic rings. The average Bonchev–Trinajstić information content (AvgIpc) is 2.43. The molecule has 0 aliphatic carbocycles. The lowest BCUT2D eigenvalue weighted by molar-refractivity contribution is 0.885. The van der Waals surface area contributed by atoms with Crippen LogP contribution in [0.4, 0.5) is 0 Å². The lowest BCUT2D eigenvalue weighted by atomic mass is 10.2. The van der Waals surface area contributed by atoms with Crippen LogP contribution in [0, 0.1) is 6.92 Å². The Labute approximate surface area is 77.2 Å². The van der Waals surface area contributed by atoms with E-state index in [2.05, 4.69) is 15.6 Å². The average molecular weight is 175 g/mol. The maximum atomic E-state index is 5.57. The van der Waals surface area contributed by atoms with Gasteiger partial charge >= 0.3 is 0 Å². The third kappa shape index (κ3) is 1.21. The fraction of sp³-hybridized carbons (Fsp3) is 0.300. The van der Waals surface area contributed by atoms with Crippen LogP contribution in [0.1, 0.15) is 11.4 Å². The maximum Gasteiger partial charge on any atom is 0.106 e. The highest BCUT2D eigenvalue weighted by Gasteiger charge is 2.03. The first kappa shape index (κ1) is 8.26. The van der Waals surface area contributed by atoms with Crippen LogP contribution in [0.15, 0.2) is 18.2 Å². The molecule has 0 unspecified atom stereocenters. The standard InChI is InChI=1S/C10H13N3/c1-7-12-9-4-3-8(6-11)5-10(9)13(7)2/h3-5H,6,11H2,1-2H3. The van der Waals surface area contributed by atoms with Gasteiger partial charge in [0, 0.05) is 13.6 Å². The maximum absolute atomic E-state index is 5.57. The normalized spacial score (nSPS) is 11.0. The Morgan fingerprint density at radius 1 is 1.46 bits per heavy atom. The highest BCUT2D eigenvalue weighted by atomic mass is 15.0. The molecule has 3 nitrogen and oxygen atoms in total. The Morgan fingerprint density at radius 2 is 2.23 bits per heavy atom. The van der Waals surface area contributed by atoms with Gasteiger partial charge in [-0.15, -0.1) is 0 Å². The third-order valence-corrected chi connectivity index (χ3v) is 2.40. The van der Waals surface area contributed by atoms with Crippen LogP contribution in [0.25, 0.3) is 11.0 Å². The van der Waals surface area contributed by atoms with E-state index in [1.165, 1.54) is 0 Å². The van der Waals surface area contributed by atoms with Gasteiger partial charge in [-0.05, 0) is 24.6 Å². The van der Waals surface area contributed by atoms with Gasteiger partial charge in [0.15, 0.2) is 0 Å². The number of aromatic nitrogens is 2. The summed E-state index contributed by atoms with van der Waals surface area (Å²) in [6, 6.07) is 6.13. The summed E-state index contributed by atoms with van der Waals surface area (Å²) in [6.07, 6.45) is 0. The van der Waals surface area contributed by atoms with Crippen molar-refractivity contribution in [1.29, 1.82) is 0 Å². The summed E-state index contributed by atoms with van der Waals surface area (Å²) in [7, 11) is 2.02. The van der Waals surface area contributed by atoms with Crippen LogP contribution in [0.5, 0.6) is 0 Å². The molecular weight excluding hydrogens is 162 g/mol. The number of fused-ring (bicyclic) bond motifs is 1. The Balaban J connectivity index is 2.75. The van der Waals surface area contributed by atoms with E-state index in [0.29, 0.717) is 6.54 Å². The molecule has 0 amide bonds. The lowest BCUT2D eigenvalue weighted by Gasteiger charge is -1.98. The summed E-state index contributed by atoms with van der Waals surface area (Å²) in [6.45, 7) is 2.59. The van der Waals surface area contributed by atoms with Crippen molar-refractivity contribution in [2.75, 3.05) is 0 Å². The number of rotatable bonds is 1. The molecule has 0 bridgehead atoms. The molecule has 2 rings (SSSR count). The highest BCUT2D eigenvalue weighted by molar-refractivity contribution is 5.76. The first-order chi connectivity index (χ1) is 6.22. The number of hydrogen-bond acceptors (Lipinski definition) is 2. The number of nitrogens with two attached hydrogens (primary N) is 1. The molecule has 2 N–H and O–H groups in total. The van der Waals surface area contributed by atoms with Gasteiger partial charge in [0.2, 0.25) is 0 Å². The first-order valence-corrected chi connectivity index (χ1v) is 4.34. The van der Waals surface area contributed by atoms with Crippen molar-refractivity contribution in [2.45, 2.75) is 13.5 Å². The fourth-order valence-electron chi connectivity index (χ4n) is 1.48. The topological polar surface area (TPSA) is 43.8 Å². The molecule has 13 heavy (non-hydrogen) atoms. The number of imidazole rings is 1. The molecular formula is C10H13N3. The summed E-state index contributed by atoms with van der Waals surface area (Å²) >= 11 is 0. The smallest absolute Gasteiger partial charge is 0.106 e. The van der Waals surface area contributed by atoms with Crippen LogP contribution >= 0.6 is 0 Å². The van der Waals surface area contributed by atoms with Crippen molar-refractivity contribution in [1.82, 2.24) is 9.55 Å². The zero-order valence-corrected chi connectivity index (χ0v) is 7.91. The van der Waals surface area contributed by atoms with Crippen molar-refractivity contribution >= 4 is 11.0 Å². The van der Waals surface area contributed by atoms with E-state index in [4.69, 9.17) is 5.73 Å². The minimum Gasteiger partial charge on any atom is -0.331 e. The molecule has 0 radical (unpaired) electrons. The summed E-state index contributed by atoms with van der Waals surface area (Å²) in [5, 5.41) is 0. The van der Waals surface area contributed by atoms with Crippen molar-refractivity contribution < 1.29 is 0 Å². The van der Waals surface area contributed by atoms with Crippen LogP contribution in [-0.2, 0) is 13.6 Å². The fourth-order valence-corrected chi connectivity index (χ4v) is 1.48. The molecule has 0 atom stereocenters. The summed E-state index contributed by atoms with van der Waals surface area (Å²) < 4.78 is 2.08. The molecule has 0 saturated heterocycles. The van der Waals surface area contributed by atoms with Gasteiger partial charge in [0.1, 0.15) is 5.82 Å². The second-order valence-electron chi connectivity index (χ2n) is 3.25. The van der Waals surface area contributed by atoms with E-state index in [-0.39, 0.29) is 0 Å². The second-order valence-corrected chi connectivity index (χ2v) is 3.25. The molecule has 0 saturated carbocycles. The molecule has 0 aliphatic rings. The minimum atomic E-state index is 0.583. The van der Waals surface area contributed by atoms with Crippen molar-refractivity contribution in [3.63, 3.8) is 0 Å². The van der Waals surface area contributed by atoms with E-state index >= 15 is 0 Å². The Morgan fingerprint density at radius 3 is 2.92 bits per heavy atom. The number of hydrogen-bond donors (Lipinski definition) is 1. The zero-order chi connectivity index (χ0) is 9.42. The molecule has 0 fully saturated rings. The molecule has 0 spiro atoms. The Bertz CT molecular complexity index is 443. The molecule has 1 heterocycles. The lowest BCUT2D eigenvalue weighted by Crippen LogP contribution is -1.96. The van der Waals surface area contributed by atoms with E-state index in [1.54, 1.807) is 0 Å². The molecule has 1 aromatic heterocycles. The number of aryl methyl sites for hydroxylation is 2. The SMILES string of the molecule is Cc1nc2ccc(CN)cc2n1C. The summed E-state index contributed by atoms with van der Waals surface area (Å²) in [4.78, 5) is 4.41. The Hall–Kier alpha value is -1.35. The molecule has 68 valence electrons. The summed E-state index contributed by atoms with van der Waals surface area (Å²) in [5.74, 6) is 1.03. The van der Waals surface area contributed by atoms with E-state index in [9.17, 15) is 0 Å². The van der Waals surface area contributed by atoms with Crippen molar-refractivity contribution in [3.05, 3.63) is 29.6 Å². The number of benzene rings is 1. The van der Waals surface area contributed by atoms with Crippen LogP contribution in [-0.4, -0.2) is 9.55 Å². The van der Waals surface area contributed by atoms with Gasteiger partial charge in [-0.1, -0.05) is 6.07 Å². The van der Waals surface area contributed by atoms with Crippen LogP contribution in [0.2, 0.25) is 0 Å². The van der Waals surface area contributed by atoms with Crippen LogP contribution in [0.3, 0.4) is 0 Å². The van der Waals surface area contributed by atoms with Gasteiger partial charge < -0.3 is 10.3 Å². The van der Waals surface area contributed by atoms with Crippen molar-refractivity contribution in [2.24, 2.45) is 12.8 Å². The van der Waals surface area contributed by atoms with E-state index < -0.39 is 0 Å². The molecule has 3 heteroatoms. The van der Waals surface area contributed by atoms with Gasteiger partial charge in [0.25, 0.3) is 0 Å². The van der Waals surface area contributed by atoms with E-state index in [1.807, 2.05) is 26.1 Å². The molecule has 1 aromatic carbocycles. The quantitative estimate of drug-likeness (QED) is 0.710. The zero-order valence-electron chi connectivity index (χ0n) is 7.91. The van der Waals surface area contributed by atoms with Crippen LogP contribution < -0.4 is 5.73 Å². The van der Waals surface area contributed by atoms with Crippen molar-refractivity contribution in [3.8, 4) is 0 Å². The number of nitrogens with zero attached hydrogens (tertiary/aromatic N) is 2. The highest BCUT2D eigenvalue weighted by Crippen LogP contribution is 2.15. The monoisotopic (exact) mass is 175 g/mol. The van der Waals surface area contributed by atoms with Gasteiger partial charge in [0.05, 0.1) is 11.0 Å². The summed E-state index contributed by atoms with van der Waals surface area (Å²) in [5.41, 5.74) is 8.91. The first-order valence-electron chi connectivity index (χ1n) is 4.34. The predicted octanol–water partition coefficient (Wildman–Crippen LogP) is 1.34. The minimum absolute atomic E-state index is 0.583.